The third kappa shape index (κ3) is 4.04. The van der Waals surface area contributed by atoms with E-state index in [0.717, 1.165) is 37.6 Å². The Bertz CT molecular complexity index is 819. The fourth-order valence-electron chi connectivity index (χ4n) is 3.27. The van der Waals surface area contributed by atoms with Crippen molar-refractivity contribution in [2.24, 2.45) is 0 Å². The highest BCUT2D eigenvalue weighted by atomic mass is 19.1. The fourth-order valence-corrected chi connectivity index (χ4v) is 3.27. The molecule has 0 radical (unpaired) electrons. The molecule has 1 fully saturated rings. The Hall–Kier alpha value is -2.64. The van der Waals surface area contributed by atoms with Gasteiger partial charge in [0.2, 0.25) is 0 Å². The van der Waals surface area contributed by atoms with Gasteiger partial charge < -0.3 is 24.4 Å². The molecule has 0 aromatic heterocycles. The Labute approximate surface area is 156 Å². The summed E-state index contributed by atoms with van der Waals surface area (Å²) < 4.78 is 29.7. The summed E-state index contributed by atoms with van der Waals surface area (Å²) in [5.74, 6) is -0.462. The first-order valence-corrected chi connectivity index (χ1v) is 8.93. The number of morpholine rings is 1. The van der Waals surface area contributed by atoms with E-state index in [0.29, 0.717) is 17.9 Å². The Morgan fingerprint density at radius 2 is 1.89 bits per heavy atom. The molecule has 4 rings (SSSR count). The fraction of sp³-hybridized carbons (Fsp3) is 0.350. The van der Waals surface area contributed by atoms with Gasteiger partial charge in [0.05, 0.1) is 25.4 Å². The molecule has 142 valence electrons. The number of carbonyl (C=O) groups is 1. The quantitative estimate of drug-likeness (QED) is 0.894. The molecule has 1 saturated heterocycles. The molecule has 2 aliphatic heterocycles. The highest BCUT2D eigenvalue weighted by Crippen LogP contribution is 2.29. The predicted molar refractivity (Wildman–Crippen MR) is 97.3 cm³/mol. The van der Waals surface area contributed by atoms with Crippen molar-refractivity contribution in [3.63, 3.8) is 0 Å². The maximum atomic E-state index is 13.8. The average Bonchev–Trinajstić information content (AvgIpc) is 2.72. The van der Waals surface area contributed by atoms with Crippen LogP contribution in [0.15, 0.2) is 36.4 Å². The summed E-state index contributed by atoms with van der Waals surface area (Å²) in [5.41, 5.74) is 2.84. The van der Waals surface area contributed by atoms with Crippen LogP contribution in [0.5, 0.6) is 5.75 Å². The van der Waals surface area contributed by atoms with Gasteiger partial charge in [-0.1, -0.05) is 12.1 Å². The molecule has 7 heteroatoms. The third-order valence-electron chi connectivity index (χ3n) is 4.69. The molecule has 2 aliphatic rings. The van der Waals surface area contributed by atoms with Crippen LogP contribution in [-0.2, 0) is 22.6 Å². The first-order valence-electron chi connectivity index (χ1n) is 8.93. The summed E-state index contributed by atoms with van der Waals surface area (Å²) in [6, 6.07) is 10.6. The number of carbonyl (C=O) groups excluding carboxylic acids is 1. The monoisotopic (exact) mass is 372 g/mol. The lowest BCUT2D eigenvalue weighted by atomic mass is 10.1. The summed E-state index contributed by atoms with van der Waals surface area (Å²) in [6.07, 6.45) is 0. The summed E-state index contributed by atoms with van der Waals surface area (Å²) in [6.45, 7) is 3.88. The molecule has 1 N–H and O–H groups in total. The SMILES string of the molecule is O=C(NCc1ccc(N2CCOCC2)cc1)c1cc(F)cc2c1OCOC2. The molecule has 6 nitrogen and oxygen atoms in total. The average molecular weight is 372 g/mol. The minimum atomic E-state index is -0.483. The van der Waals surface area contributed by atoms with E-state index >= 15 is 0 Å². The van der Waals surface area contributed by atoms with E-state index in [2.05, 4.69) is 10.2 Å². The minimum absolute atomic E-state index is 0.0575. The summed E-state index contributed by atoms with van der Waals surface area (Å²) >= 11 is 0. The number of hydrogen-bond acceptors (Lipinski definition) is 5. The number of halogens is 1. The van der Waals surface area contributed by atoms with Gasteiger partial charge in [-0.05, 0) is 29.8 Å². The number of amides is 1. The van der Waals surface area contributed by atoms with Crippen molar-refractivity contribution in [3.05, 3.63) is 58.9 Å². The molecule has 0 unspecified atom stereocenters. The number of nitrogens with zero attached hydrogens (tertiary/aromatic N) is 1. The van der Waals surface area contributed by atoms with Crippen LogP contribution in [0.3, 0.4) is 0 Å². The highest BCUT2D eigenvalue weighted by Gasteiger charge is 2.21. The minimum Gasteiger partial charge on any atom is -0.466 e. The highest BCUT2D eigenvalue weighted by molar-refractivity contribution is 5.97. The lowest BCUT2D eigenvalue weighted by Crippen LogP contribution is -2.36. The van der Waals surface area contributed by atoms with Crippen LogP contribution in [0, 0.1) is 5.82 Å². The van der Waals surface area contributed by atoms with E-state index in [1.807, 2.05) is 24.3 Å². The van der Waals surface area contributed by atoms with Crippen molar-refractivity contribution in [1.29, 1.82) is 0 Å². The second kappa shape index (κ2) is 7.94. The van der Waals surface area contributed by atoms with Gasteiger partial charge >= 0.3 is 0 Å². The summed E-state index contributed by atoms with van der Waals surface area (Å²) in [7, 11) is 0. The van der Waals surface area contributed by atoms with Crippen molar-refractivity contribution in [2.75, 3.05) is 38.0 Å². The summed E-state index contributed by atoms with van der Waals surface area (Å²) in [5, 5.41) is 2.83. The number of anilines is 1. The zero-order valence-corrected chi connectivity index (χ0v) is 14.9. The van der Waals surface area contributed by atoms with E-state index in [-0.39, 0.29) is 24.9 Å². The second-order valence-electron chi connectivity index (χ2n) is 6.50. The Kier molecular flexibility index (Phi) is 5.22. The Balaban J connectivity index is 1.41. The van der Waals surface area contributed by atoms with E-state index < -0.39 is 5.82 Å². The number of ether oxygens (including phenoxy) is 3. The molecular weight excluding hydrogens is 351 g/mol. The maximum absolute atomic E-state index is 13.8. The molecule has 0 bridgehead atoms. The van der Waals surface area contributed by atoms with Gasteiger partial charge in [-0.2, -0.15) is 0 Å². The van der Waals surface area contributed by atoms with Crippen molar-refractivity contribution in [1.82, 2.24) is 5.32 Å². The number of nitrogens with one attached hydrogen (secondary N) is 1. The van der Waals surface area contributed by atoms with E-state index in [9.17, 15) is 9.18 Å². The van der Waals surface area contributed by atoms with Crippen LogP contribution in [0.4, 0.5) is 10.1 Å². The van der Waals surface area contributed by atoms with Crippen LogP contribution in [0.25, 0.3) is 0 Å². The zero-order chi connectivity index (χ0) is 18.6. The van der Waals surface area contributed by atoms with Gasteiger partial charge in [0, 0.05) is 30.9 Å². The molecule has 2 aromatic rings. The summed E-state index contributed by atoms with van der Waals surface area (Å²) in [4.78, 5) is 14.8. The number of benzene rings is 2. The van der Waals surface area contributed by atoms with E-state index in [1.165, 1.54) is 12.1 Å². The normalized spacial score (nSPS) is 16.4. The molecule has 0 saturated carbocycles. The molecule has 27 heavy (non-hydrogen) atoms. The largest absolute Gasteiger partial charge is 0.466 e. The number of hydrogen-bond donors (Lipinski definition) is 1. The molecule has 0 spiro atoms. The van der Waals surface area contributed by atoms with Gasteiger partial charge in [-0.25, -0.2) is 4.39 Å². The van der Waals surface area contributed by atoms with Crippen molar-refractivity contribution < 1.29 is 23.4 Å². The standard InChI is InChI=1S/C20H21FN2O4/c21-16-9-15-12-26-13-27-19(15)18(10-16)20(24)22-11-14-1-3-17(4-2-14)23-5-7-25-8-6-23/h1-4,9-10H,5-8,11-13H2,(H,22,24). The van der Waals surface area contributed by atoms with Crippen LogP contribution < -0.4 is 15.0 Å². The first kappa shape index (κ1) is 17.8. The van der Waals surface area contributed by atoms with E-state index in [4.69, 9.17) is 14.2 Å². The van der Waals surface area contributed by atoms with Gasteiger partial charge in [0.15, 0.2) is 6.79 Å². The number of rotatable bonds is 4. The van der Waals surface area contributed by atoms with Crippen molar-refractivity contribution >= 4 is 11.6 Å². The van der Waals surface area contributed by atoms with Gasteiger partial charge in [-0.3, -0.25) is 4.79 Å². The molecular formula is C20H21FN2O4. The lowest BCUT2D eigenvalue weighted by Gasteiger charge is -2.28. The predicted octanol–water partition coefficient (Wildman–Crippen LogP) is 2.46. The number of fused-ring (bicyclic) bond motifs is 1. The van der Waals surface area contributed by atoms with Crippen LogP contribution in [0.2, 0.25) is 0 Å². The first-order chi connectivity index (χ1) is 13.2. The van der Waals surface area contributed by atoms with Crippen molar-refractivity contribution in [2.45, 2.75) is 13.2 Å². The Morgan fingerprint density at radius 3 is 2.67 bits per heavy atom. The van der Waals surface area contributed by atoms with Crippen LogP contribution >= 0.6 is 0 Å². The molecule has 0 atom stereocenters. The molecule has 0 aliphatic carbocycles. The maximum Gasteiger partial charge on any atom is 0.255 e. The van der Waals surface area contributed by atoms with Crippen LogP contribution in [0.1, 0.15) is 21.5 Å². The van der Waals surface area contributed by atoms with Gasteiger partial charge in [0.1, 0.15) is 11.6 Å². The smallest absolute Gasteiger partial charge is 0.255 e. The zero-order valence-electron chi connectivity index (χ0n) is 14.9. The lowest BCUT2D eigenvalue weighted by molar-refractivity contribution is -0.0170. The van der Waals surface area contributed by atoms with Gasteiger partial charge in [0.25, 0.3) is 5.91 Å². The van der Waals surface area contributed by atoms with E-state index in [1.54, 1.807) is 0 Å². The van der Waals surface area contributed by atoms with Gasteiger partial charge in [-0.15, -0.1) is 0 Å². The molecule has 2 heterocycles. The third-order valence-corrected chi connectivity index (χ3v) is 4.69. The van der Waals surface area contributed by atoms with Crippen molar-refractivity contribution in [3.8, 4) is 5.75 Å². The molecule has 2 aromatic carbocycles. The van der Waals surface area contributed by atoms with Crippen LogP contribution in [-0.4, -0.2) is 39.0 Å². The Morgan fingerprint density at radius 1 is 1.11 bits per heavy atom. The topological polar surface area (TPSA) is 60.0 Å². The second-order valence-corrected chi connectivity index (χ2v) is 6.50. The molecule has 1 amide bonds.